The Labute approximate surface area is 120 Å². The van der Waals surface area contributed by atoms with Crippen molar-refractivity contribution in [2.24, 2.45) is 0 Å². The average Bonchev–Trinajstić information content (AvgIpc) is 2.91. The summed E-state index contributed by atoms with van der Waals surface area (Å²) in [6, 6.07) is -0.409. The first-order valence-corrected chi connectivity index (χ1v) is 7.58. The fourth-order valence-electron chi connectivity index (χ4n) is 2.35. The molecule has 0 radical (unpaired) electrons. The number of thiazole rings is 1. The summed E-state index contributed by atoms with van der Waals surface area (Å²) in [5, 5.41) is 7.55. The van der Waals surface area contributed by atoms with Crippen molar-refractivity contribution in [3.8, 4) is 0 Å². The molecule has 0 spiro atoms. The van der Waals surface area contributed by atoms with Crippen LogP contribution in [0.25, 0.3) is 4.96 Å². The first-order valence-electron chi connectivity index (χ1n) is 6.70. The van der Waals surface area contributed by atoms with Crippen LogP contribution in [0.5, 0.6) is 0 Å². The Kier molecular flexibility index (Phi) is 3.68. The summed E-state index contributed by atoms with van der Waals surface area (Å²) in [5.74, 6) is -0.237. The first kappa shape index (κ1) is 13.1. The van der Waals surface area contributed by atoms with E-state index in [1.807, 2.05) is 22.2 Å². The van der Waals surface area contributed by atoms with Crippen LogP contribution in [0.4, 0.5) is 0 Å². The smallest absolute Gasteiger partial charge is 0.242 e. The van der Waals surface area contributed by atoms with Crippen LogP contribution >= 0.6 is 11.3 Å². The van der Waals surface area contributed by atoms with Gasteiger partial charge in [0.2, 0.25) is 11.8 Å². The number of nitrogens with one attached hydrogen (secondary N) is 2. The zero-order valence-electron chi connectivity index (χ0n) is 11.0. The Bertz CT molecular complexity index is 605. The third kappa shape index (κ3) is 2.82. The van der Waals surface area contributed by atoms with Crippen LogP contribution in [0, 0.1) is 0 Å². The second-order valence-electron chi connectivity index (χ2n) is 4.91. The van der Waals surface area contributed by atoms with Crippen molar-refractivity contribution in [2.75, 3.05) is 6.54 Å². The molecule has 6 nitrogen and oxygen atoms in total. The fourth-order valence-corrected chi connectivity index (χ4v) is 3.07. The molecule has 0 aliphatic carbocycles. The predicted molar refractivity (Wildman–Crippen MR) is 75.6 cm³/mol. The molecule has 1 saturated heterocycles. The monoisotopic (exact) mass is 292 g/mol. The van der Waals surface area contributed by atoms with Gasteiger partial charge in [0.15, 0.2) is 4.96 Å². The Morgan fingerprint density at radius 2 is 2.45 bits per heavy atom. The van der Waals surface area contributed by atoms with E-state index in [0.717, 1.165) is 23.5 Å². The maximum atomic E-state index is 12.0. The van der Waals surface area contributed by atoms with Crippen molar-refractivity contribution in [3.05, 3.63) is 23.5 Å². The SMILES string of the molecule is O=C(Cc1cn2ccsc2n1)NC1CCCCNC1=O. The molecule has 1 atom stereocenters. The molecule has 1 fully saturated rings. The van der Waals surface area contributed by atoms with Gasteiger partial charge < -0.3 is 10.6 Å². The molecule has 1 unspecified atom stereocenters. The summed E-state index contributed by atoms with van der Waals surface area (Å²) >= 11 is 1.53. The molecule has 7 heteroatoms. The van der Waals surface area contributed by atoms with Gasteiger partial charge in [0.05, 0.1) is 12.1 Å². The Morgan fingerprint density at radius 1 is 1.55 bits per heavy atom. The lowest BCUT2D eigenvalue weighted by atomic mass is 10.1. The highest BCUT2D eigenvalue weighted by Crippen LogP contribution is 2.12. The van der Waals surface area contributed by atoms with Gasteiger partial charge in [-0.3, -0.25) is 14.0 Å². The number of rotatable bonds is 3. The highest BCUT2D eigenvalue weighted by Gasteiger charge is 2.22. The van der Waals surface area contributed by atoms with Gasteiger partial charge in [-0.1, -0.05) is 0 Å². The quantitative estimate of drug-likeness (QED) is 0.875. The summed E-state index contributed by atoms with van der Waals surface area (Å²) < 4.78 is 1.89. The molecule has 0 aromatic carbocycles. The second-order valence-corrected chi connectivity index (χ2v) is 5.78. The summed E-state index contributed by atoms with van der Waals surface area (Å²) in [7, 11) is 0. The van der Waals surface area contributed by atoms with Crippen LogP contribution in [0.2, 0.25) is 0 Å². The van der Waals surface area contributed by atoms with Crippen molar-refractivity contribution in [2.45, 2.75) is 31.7 Å². The number of imidazole rings is 1. The van der Waals surface area contributed by atoms with Gasteiger partial charge in [-0.15, -0.1) is 11.3 Å². The number of carbonyl (C=O) groups excluding carboxylic acids is 2. The average molecular weight is 292 g/mol. The maximum absolute atomic E-state index is 12.0. The Hall–Kier alpha value is -1.89. The standard InChI is InChI=1S/C13H16N4O2S/c18-11(16-10-3-1-2-4-14-12(10)19)7-9-8-17-5-6-20-13(17)15-9/h5-6,8,10H,1-4,7H2,(H,14,19)(H,16,18). The minimum Gasteiger partial charge on any atom is -0.354 e. The van der Waals surface area contributed by atoms with E-state index in [-0.39, 0.29) is 18.2 Å². The van der Waals surface area contributed by atoms with Crippen LogP contribution in [0.15, 0.2) is 17.8 Å². The molecule has 0 saturated carbocycles. The summed E-state index contributed by atoms with van der Waals surface area (Å²) in [5.41, 5.74) is 0.725. The van der Waals surface area contributed by atoms with E-state index in [0.29, 0.717) is 13.0 Å². The molecule has 20 heavy (non-hydrogen) atoms. The van der Waals surface area contributed by atoms with Gasteiger partial charge >= 0.3 is 0 Å². The lowest BCUT2D eigenvalue weighted by Crippen LogP contribution is -2.46. The lowest BCUT2D eigenvalue weighted by Gasteiger charge is -2.14. The minimum absolute atomic E-state index is 0.0818. The van der Waals surface area contributed by atoms with Crippen molar-refractivity contribution in [3.63, 3.8) is 0 Å². The Morgan fingerprint density at radius 3 is 3.30 bits per heavy atom. The molecule has 106 valence electrons. The van der Waals surface area contributed by atoms with E-state index in [2.05, 4.69) is 15.6 Å². The normalized spacial score (nSPS) is 19.6. The number of aromatic nitrogens is 2. The summed E-state index contributed by atoms with van der Waals surface area (Å²) in [4.78, 5) is 29.0. The maximum Gasteiger partial charge on any atom is 0.242 e. The van der Waals surface area contributed by atoms with Crippen molar-refractivity contribution in [1.29, 1.82) is 0 Å². The summed E-state index contributed by atoms with van der Waals surface area (Å²) in [6.07, 6.45) is 6.58. The first-order chi connectivity index (χ1) is 9.72. The van der Waals surface area contributed by atoms with E-state index in [1.165, 1.54) is 11.3 Å². The number of carbonyl (C=O) groups is 2. The zero-order valence-corrected chi connectivity index (χ0v) is 11.8. The summed E-state index contributed by atoms with van der Waals surface area (Å²) in [6.45, 7) is 0.697. The van der Waals surface area contributed by atoms with E-state index in [4.69, 9.17) is 0 Å². The van der Waals surface area contributed by atoms with Crippen molar-refractivity contribution in [1.82, 2.24) is 20.0 Å². The van der Waals surface area contributed by atoms with E-state index in [1.54, 1.807) is 0 Å². The van der Waals surface area contributed by atoms with E-state index >= 15 is 0 Å². The molecular weight excluding hydrogens is 276 g/mol. The van der Waals surface area contributed by atoms with Gasteiger partial charge in [-0.05, 0) is 19.3 Å². The molecule has 3 rings (SSSR count). The third-order valence-electron chi connectivity index (χ3n) is 3.36. The highest BCUT2D eigenvalue weighted by atomic mass is 32.1. The molecule has 1 aliphatic heterocycles. The van der Waals surface area contributed by atoms with Gasteiger partial charge in [0.25, 0.3) is 0 Å². The van der Waals surface area contributed by atoms with Gasteiger partial charge in [0, 0.05) is 24.3 Å². The molecule has 2 aromatic heterocycles. The van der Waals surface area contributed by atoms with Crippen molar-refractivity contribution >= 4 is 28.1 Å². The van der Waals surface area contributed by atoms with Gasteiger partial charge in [0.1, 0.15) is 6.04 Å². The number of hydrogen-bond acceptors (Lipinski definition) is 4. The highest BCUT2D eigenvalue weighted by molar-refractivity contribution is 7.15. The third-order valence-corrected chi connectivity index (χ3v) is 4.13. The fraction of sp³-hybridized carbons (Fsp3) is 0.462. The van der Waals surface area contributed by atoms with E-state index in [9.17, 15) is 9.59 Å². The molecule has 0 bridgehead atoms. The number of amides is 2. The molecule has 2 aromatic rings. The van der Waals surface area contributed by atoms with E-state index < -0.39 is 6.04 Å². The number of fused-ring (bicyclic) bond motifs is 1. The number of nitrogens with zero attached hydrogens (tertiary/aromatic N) is 2. The molecule has 3 heterocycles. The van der Waals surface area contributed by atoms with Crippen LogP contribution in [0.1, 0.15) is 25.0 Å². The lowest BCUT2D eigenvalue weighted by molar-refractivity contribution is -0.128. The van der Waals surface area contributed by atoms with Crippen LogP contribution in [-0.2, 0) is 16.0 Å². The van der Waals surface area contributed by atoms with Crippen molar-refractivity contribution < 1.29 is 9.59 Å². The van der Waals surface area contributed by atoms with Crippen LogP contribution in [0.3, 0.4) is 0 Å². The van der Waals surface area contributed by atoms with Gasteiger partial charge in [-0.2, -0.15) is 0 Å². The molecule has 2 amide bonds. The van der Waals surface area contributed by atoms with Crippen LogP contribution < -0.4 is 10.6 Å². The molecule has 2 N–H and O–H groups in total. The van der Waals surface area contributed by atoms with Gasteiger partial charge in [-0.25, -0.2) is 4.98 Å². The predicted octanol–water partition coefficient (Wildman–Crippen LogP) is 0.723. The second kappa shape index (κ2) is 5.62. The minimum atomic E-state index is -0.409. The number of hydrogen-bond donors (Lipinski definition) is 2. The topological polar surface area (TPSA) is 75.5 Å². The molecular formula is C13H16N4O2S. The molecule has 1 aliphatic rings. The Balaban J connectivity index is 1.61. The zero-order chi connectivity index (χ0) is 13.9. The largest absolute Gasteiger partial charge is 0.354 e. The van der Waals surface area contributed by atoms with Crippen LogP contribution in [-0.4, -0.2) is 33.8 Å².